The summed E-state index contributed by atoms with van der Waals surface area (Å²) in [5, 5.41) is 8.59. The Kier molecular flexibility index (Phi) is 4.37. The number of para-hydroxylation sites is 1. The summed E-state index contributed by atoms with van der Waals surface area (Å²) in [5.74, 6) is 5.05. The Morgan fingerprint density at radius 2 is 2.31 bits per heavy atom. The normalized spacial score (nSPS) is 9.12. The van der Waals surface area contributed by atoms with E-state index in [4.69, 9.17) is 10.8 Å². The van der Waals surface area contributed by atoms with E-state index >= 15 is 0 Å². The van der Waals surface area contributed by atoms with E-state index in [1.807, 2.05) is 0 Å². The van der Waals surface area contributed by atoms with Crippen molar-refractivity contribution in [2.75, 3.05) is 19.5 Å². The second kappa shape index (κ2) is 5.79. The zero-order valence-electron chi connectivity index (χ0n) is 8.99. The van der Waals surface area contributed by atoms with Crippen molar-refractivity contribution in [3.63, 3.8) is 0 Å². The van der Waals surface area contributed by atoms with Gasteiger partial charge in [0.25, 0.3) is 0 Å². The van der Waals surface area contributed by atoms with Gasteiger partial charge in [-0.05, 0) is 12.1 Å². The molecule has 1 aromatic carbocycles. The third-order valence-corrected chi connectivity index (χ3v) is 1.97. The van der Waals surface area contributed by atoms with E-state index in [0.717, 1.165) is 0 Å². The maximum Gasteiger partial charge on any atom is 0.339 e. The molecule has 3 N–H and O–H groups in total. The molecule has 0 bridgehead atoms. The first-order valence-corrected chi connectivity index (χ1v) is 4.77. The molecule has 0 saturated heterocycles. The average molecular weight is 219 g/mol. The van der Waals surface area contributed by atoms with Gasteiger partial charge in [-0.3, -0.25) is 0 Å². The smallest absolute Gasteiger partial charge is 0.339 e. The molecule has 0 spiro atoms. The molecular formula is C12H13NO3. The molecule has 1 rings (SSSR count). The summed E-state index contributed by atoms with van der Waals surface area (Å²) in [6.07, 6.45) is 0.377. The van der Waals surface area contributed by atoms with Crippen LogP contribution in [-0.2, 0) is 4.74 Å². The number of aliphatic hydroxyl groups is 1. The minimum Gasteiger partial charge on any atom is -0.465 e. The number of hydrogen-bond acceptors (Lipinski definition) is 4. The van der Waals surface area contributed by atoms with Crippen LogP contribution in [0, 0.1) is 11.8 Å². The predicted octanol–water partition coefficient (Wildman–Crippen LogP) is 0.789. The number of nitrogen functional groups attached to an aromatic ring is 1. The van der Waals surface area contributed by atoms with Crippen molar-refractivity contribution in [3.8, 4) is 11.8 Å². The molecule has 4 nitrogen and oxygen atoms in total. The fourth-order valence-corrected chi connectivity index (χ4v) is 1.18. The van der Waals surface area contributed by atoms with Crippen LogP contribution in [0.5, 0.6) is 0 Å². The molecule has 0 unspecified atom stereocenters. The van der Waals surface area contributed by atoms with Crippen LogP contribution in [0.25, 0.3) is 0 Å². The molecule has 1 aromatic rings. The number of esters is 1. The monoisotopic (exact) mass is 219 g/mol. The quantitative estimate of drug-likeness (QED) is 0.438. The fraction of sp³-hybridized carbons (Fsp3) is 0.250. The number of anilines is 1. The summed E-state index contributed by atoms with van der Waals surface area (Å²) >= 11 is 0. The van der Waals surface area contributed by atoms with Crippen LogP contribution in [0.15, 0.2) is 18.2 Å². The number of rotatable bonds is 2. The highest BCUT2D eigenvalue weighted by molar-refractivity contribution is 5.96. The van der Waals surface area contributed by atoms with E-state index < -0.39 is 5.97 Å². The van der Waals surface area contributed by atoms with Crippen molar-refractivity contribution in [2.24, 2.45) is 0 Å². The average Bonchev–Trinajstić information content (AvgIpc) is 2.30. The largest absolute Gasteiger partial charge is 0.465 e. The van der Waals surface area contributed by atoms with Crippen LogP contribution < -0.4 is 5.73 Å². The number of benzene rings is 1. The lowest BCUT2D eigenvalue weighted by Gasteiger charge is -2.04. The molecule has 0 aliphatic rings. The van der Waals surface area contributed by atoms with Gasteiger partial charge in [0.05, 0.1) is 25.0 Å². The number of carbonyl (C=O) groups is 1. The minimum atomic E-state index is -0.483. The van der Waals surface area contributed by atoms with E-state index in [1.165, 1.54) is 7.11 Å². The number of nitrogens with two attached hydrogens (primary N) is 1. The first-order valence-electron chi connectivity index (χ1n) is 4.77. The van der Waals surface area contributed by atoms with Crippen molar-refractivity contribution in [2.45, 2.75) is 6.42 Å². The molecule has 0 heterocycles. The van der Waals surface area contributed by atoms with Gasteiger partial charge in [-0.25, -0.2) is 4.79 Å². The van der Waals surface area contributed by atoms with Gasteiger partial charge in [0.2, 0.25) is 0 Å². The van der Waals surface area contributed by atoms with Crippen molar-refractivity contribution >= 4 is 11.7 Å². The summed E-state index contributed by atoms with van der Waals surface area (Å²) in [4.78, 5) is 11.3. The highest BCUT2D eigenvalue weighted by atomic mass is 16.5. The summed E-state index contributed by atoms with van der Waals surface area (Å²) < 4.78 is 4.59. The van der Waals surface area contributed by atoms with Crippen molar-refractivity contribution < 1.29 is 14.6 Å². The molecule has 16 heavy (non-hydrogen) atoms. The first kappa shape index (κ1) is 12.1. The Balaban J connectivity index is 3.05. The third-order valence-electron chi connectivity index (χ3n) is 1.97. The zero-order chi connectivity index (χ0) is 12.0. The van der Waals surface area contributed by atoms with E-state index in [9.17, 15) is 4.79 Å². The second-order valence-electron chi connectivity index (χ2n) is 3.03. The van der Waals surface area contributed by atoms with Crippen LogP contribution >= 0.6 is 0 Å². The van der Waals surface area contributed by atoms with Gasteiger partial charge in [0, 0.05) is 12.0 Å². The molecule has 0 aliphatic heterocycles. The molecule has 0 fully saturated rings. The maximum atomic E-state index is 11.3. The maximum absolute atomic E-state index is 11.3. The summed E-state index contributed by atoms with van der Waals surface area (Å²) in [7, 11) is 1.30. The van der Waals surface area contributed by atoms with Gasteiger partial charge < -0.3 is 15.6 Å². The number of ether oxygens (including phenoxy) is 1. The summed E-state index contributed by atoms with van der Waals surface area (Å²) in [6.45, 7) is 0.00357. The fourth-order valence-electron chi connectivity index (χ4n) is 1.18. The lowest BCUT2D eigenvalue weighted by Crippen LogP contribution is -2.06. The molecule has 4 heteroatoms. The molecule has 84 valence electrons. The Labute approximate surface area is 94.0 Å². The predicted molar refractivity (Wildman–Crippen MR) is 60.8 cm³/mol. The lowest BCUT2D eigenvalue weighted by molar-refractivity contribution is 0.0602. The van der Waals surface area contributed by atoms with Crippen LogP contribution in [0.1, 0.15) is 22.3 Å². The second-order valence-corrected chi connectivity index (χ2v) is 3.03. The topological polar surface area (TPSA) is 72.5 Å². The van der Waals surface area contributed by atoms with E-state index in [0.29, 0.717) is 23.2 Å². The molecule has 0 saturated carbocycles. The van der Waals surface area contributed by atoms with Gasteiger partial charge >= 0.3 is 5.97 Å². The van der Waals surface area contributed by atoms with E-state index in [1.54, 1.807) is 18.2 Å². The molecule has 0 amide bonds. The molecule has 0 radical (unpaired) electrons. The Bertz CT molecular complexity index is 443. The lowest BCUT2D eigenvalue weighted by atomic mass is 10.1. The molecular weight excluding hydrogens is 206 g/mol. The van der Waals surface area contributed by atoms with E-state index in [-0.39, 0.29) is 6.61 Å². The van der Waals surface area contributed by atoms with Gasteiger partial charge in [-0.1, -0.05) is 17.9 Å². The van der Waals surface area contributed by atoms with Crippen LogP contribution in [0.4, 0.5) is 5.69 Å². The minimum absolute atomic E-state index is 0.00357. The zero-order valence-corrected chi connectivity index (χ0v) is 8.99. The Hall–Kier alpha value is -1.99. The van der Waals surface area contributed by atoms with Crippen LogP contribution in [-0.4, -0.2) is 24.8 Å². The highest BCUT2D eigenvalue weighted by Crippen LogP contribution is 2.17. The highest BCUT2D eigenvalue weighted by Gasteiger charge is 2.11. The molecule has 0 aromatic heterocycles. The Morgan fingerprint density at radius 3 is 2.94 bits per heavy atom. The summed E-state index contributed by atoms with van der Waals surface area (Å²) in [6, 6.07) is 4.98. The summed E-state index contributed by atoms with van der Waals surface area (Å²) in [5.41, 5.74) is 6.95. The van der Waals surface area contributed by atoms with Crippen LogP contribution in [0.2, 0.25) is 0 Å². The van der Waals surface area contributed by atoms with Crippen molar-refractivity contribution in [1.29, 1.82) is 0 Å². The van der Waals surface area contributed by atoms with Gasteiger partial charge in [0.1, 0.15) is 0 Å². The van der Waals surface area contributed by atoms with Crippen molar-refractivity contribution in [3.05, 3.63) is 29.3 Å². The number of carbonyl (C=O) groups excluding carboxylic acids is 1. The van der Waals surface area contributed by atoms with Crippen molar-refractivity contribution in [1.82, 2.24) is 0 Å². The first-order chi connectivity index (χ1) is 7.70. The molecule has 0 aliphatic carbocycles. The third kappa shape index (κ3) is 2.75. The van der Waals surface area contributed by atoms with Crippen LogP contribution in [0.3, 0.4) is 0 Å². The van der Waals surface area contributed by atoms with Gasteiger partial charge in [-0.2, -0.15) is 0 Å². The number of aliphatic hydroxyl groups excluding tert-OH is 1. The van der Waals surface area contributed by atoms with E-state index in [2.05, 4.69) is 16.6 Å². The van der Waals surface area contributed by atoms with Gasteiger partial charge in [0.15, 0.2) is 0 Å². The Morgan fingerprint density at radius 1 is 1.56 bits per heavy atom. The SMILES string of the molecule is COC(=O)c1cccc(C#CCCO)c1N. The number of hydrogen-bond donors (Lipinski definition) is 2. The number of methoxy groups -OCH3 is 1. The molecule has 0 atom stereocenters. The van der Waals surface area contributed by atoms with Gasteiger partial charge in [-0.15, -0.1) is 0 Å². The standard InChI is InChI=1S/C12H13NO3/c1-16-12(15)10-7-4-6-9(11(10)13)5-2-3-8-14/h4,6-7,14H,3,8,13H2,1H3.